The number of nitrogens with zero attached hydrogens (tertiary/aromatic N) is 1. The number of hydrazine groups is 1. The number of nitrogens with one attached hydrogen (secondary N) is 1. The van der Waals surface area contributed by atoms with Crippen LogP contribution < -0.4 is 16.0 Å². The van der Waals surface area contributed by atoms with Crippen LogP contribution in [0.1, 0.15) is 25.1 Å². The summed E-state index contributed by atoms with van der Waals surface area (Å²) in [4.78, 5) is 4.37. The Kier molecular flexibility index (Phi) is 3.93. The summed E-state index contributed by atoms with van der Waals surface area (Å²) in [6, 6.07) is 3.71. The third-order valence-corrected chi connectivity index (χ3v) is 3.19. The Balaban J connectivity index is 2.22. The van der Waals surface area contributed by atoms with E-state index in [1.54, 1.807) is 13.3 Å². The monoisotopic (exact) mass is 237 g/mol. The van der Waals surface area contributed by atoms with Crippen LogP contribution in [0, 0.1) is 5.92 Å². The molecule has 0 aliphatic carbocycles. The van der Waals surface area contributed by atoms with Crippen molar-refractivity contribution in [1.29, 1.82) is 0 Å². The highest BCUT2D eigenvalue weighted by Crippen LogP contribution is 2.33. The molecule has 3 N–H and O–H groups in total. The molecule has 3 unspecified atom stereocenters. The van der Waals surface area contributed by atoms with Crippen molar-refractivity contribution < 1.29 is 9.47 Å². The summed E-state index contributed by atoms with van der Waals surface area (Å²) >= 11 is 0. The summed E-state index contributed by atoms with van der Waals surface area (Å²) in [7, 11) is 1.64. The Bertz CT molecular complexity index is 373. The fraction of sp³-hybridized carbons (Fsp3) is 0.583. The van der Waals surface area contributed by atoms with Gasteiger partial charge in [-0.1, -0.05) is 0 Å². The molecule has 1 aromatic heterocycles. The Morgan fingerprint density at radius 3 is 3.06 bits per heavy atom. The van der Waals surface area contributed by atoms with Crippen LogP contribution in [0.15, 0.2) is 18.3 Å². The molecule has 0 amide bonds. The minimum Gasteiger partial charge on any atom is -0.495 e. The number of nitrogens with two attached hydrogens (primary N) is 1. The molecule has 5 heteroatoms. The van der Waals surface area contributed by atoms with Crippen LogP contribution in [0.25, 0.3) is 0 Å². The molecular weight excluding hydrogens is 218 g/mol. The summed E-state index contributed by atoms with van der Waals surface area (Å²) in [6.45, 7) is 2.78. The van der Waals surface area contributed by atoms with Gasteiger partial charge in [0.25, 0.3) is 0 Å². The maximum Gasteiger partial charge on any atom is 0.142 e. The van der Waals surface area contributed by atoms with E-state index >= 15 is 0 Å². The lowest BCUT2D eigenvalue weighted by molar-refractivity contribution is 0.116. The molecule has 0 radical (unpaired) electrons. The molecular formula is C12H19N3O2. The van der Waals surface area contributed by atoms with Crippen molar-refractivity contribution in [2.75, 3.05) is 13.7 Å². The zero-order valence-corrected chi connectivity index (χ0v) is 10.2. The molecule has 17 heavy (non-hydrogen) atoms. The van der Waals surface area contributed by atoms with Crippen LogP contribution in [-0.4, -0.2) is 24.8 Å². The molecule has 2 rings (SSSR count). The van der Waals surface area contributed by atoms with Crippen molar-refractivity contribution in [3.05, 3.63) is 24.0 Å². The zero-order chi connectivity index (χ0) is 12.3. The van der Waals surface area contributed by atoms with Gasteiger partial charge in [0.15, 0.2) is 0 Å². The molecule has 94 valence electrons. The Hall–Kier alpha value is -1.17. The average molecular weight is 237 g/mol. The highest BCUT2D eigenvalue weighted by atomic mass is 16.5. The van der Waals surface area contributed by atoms with E-state index < -0.39 is 0 Å². The van der Waals surface area contributed by atoms with Gasteiger partial charge in [0.1, 0.15) is 11.4 Å². The topological polar surface area (TPSA) is 69.4 Å². The first-order valence-electron chi connectivity index (χ1n) is 5.83. The maximum absolute atomic E-state index is 5.65. The quantitative estimate of drug-likeness (QED) is 0.604. The van der Waals surface area contributed by atoms with Crippen molar-refractivity contribution in [2.24, 2.45) is 11.8 Å². The Morgan fingerprint density at radius 2 is 2.47 bits per heavy atom. The van der Waals surface area contributed by atoms with Crippen LogP contribution in [-0.2, 0) is 4.74 Å². The minimum absolute atomic E-state index is 0.0314. The van der Waals surface area contributed by atoms with Gasteiger partial charge in [-0.05, 0) is 25.5 Å². The standard InChI is InChI=1S/C12H19N3O2/c1-8-6-9(7-17-8)11(15-13)12-10(16-2)4-3-5-14-12/h3-5,8-9,11,15H,6-7,13H2,1-2H3. The number of rotatable bonds is 4. The van der Waals surface area contributed by atoms with Gasteiger partial charge in [-0.15, -0.1) is 0 Å². The van der Waals surface area contributed by atoms with E-state index in [-0.39, 0.29) is 12.1 Å². The lowest BCUT2D eigenvalue weighted by atomic mass is 9.94. The third kappa shape index (κ3) is 2.57. The van der Waals surface area contributed by atoms with Crippen molar-refractivity contribution in [3.63, 3.8) is 0 Å². The van der Waals surface area contributed by atoms with E-state index in [0.717, 1.165) is 17.9 Å². The summed E-state index contributed by atoms with van der Waals surface area (Å²) in [5.41, 5.74) is 3.68. The molecule has 1 aliphatic rings. The van der Waals surface area contributed by atoms with Crippen LogP contribution >= 0.6 is 0 Å². The molecule has 0 saturated carbocycles. The summed E-state index contributed by atoms with van der Waals surface area (Å²) in [6.07, 6.45) is 3.02. The van der Waals surface area contributed by atoms with Crippen LogP contribution in [0.2, 0.25) is 0 Å². The number of methoxy groups -OCH3 is 1. The summed E-state index contributed by atoms with van der Waals surface area (Å²) in [5, 5.41) is 0. The smallest absolute Gasteiger partial charge is 0.142 e. The normalized spacial score (nSPS) is 25.8. The molecule has 1 aliphatic heterocycles. The first kappa shape index (κ1) is 12.3. The highest BCUT2D eigenvalue weighted by Gasteiger charge is 2.32. The van der Waals surface area contributed by atoms with Gasteiger partial charge in [-0.3, -0.25) is 16.3 Å². The first-order chi connectivity index (χ1) is 8.26. The van der Waals surface area contributed by atoms with Gasteiger partial charge in [0.2, 0.25) is 0 Å². The Labute approximate surface area is 101 Å². The van der Waals surface area contributed by atoms with Gasteiger partial charge < -0.3 is 9.47 Å². The SMILES string of the molecule is COc1cccnc1C(NN)C1COC(C)C1. The number of ether oxygens (including phenoxy) is 2. The van der Waals surface area contributed by atoms with Crippen LogP contribution in [0.5, 0.6) is 5.75 Å². The first-order valence-corrected chi connectivity index (χ1v) is 5.83. The fourth-order valence-corrected chi connectivity index (χ4v) is 2.33. The minimum atomic E-state index is -0.0314. The van der Waals surface area contributed by atoms with Gasteiger partial charge in [0.05, 0.1) is 25.9 Å². The molecule has 3 atom stereocenters. The number of aromatic nitrogens is 1. The van der Waals surface area contributed by atoms with Gasteiger partial charge in [0, 0.05) is 12.1 Å². The van der Waals surface area contributed by atoms with Crippen LogP contribution in [0.4, 0.5) is 0 Å². The molecule has 1 fully saturated rings. The van der Waals surface area contributed by atoms with Crippen molar-refractivity contribution in [3.8, 4) is 5.75 Å². The van der Waals surface area contributed by atoms with Crippen molar-refractivity contribution in [2.45, 2.75) is 25.5 Å². The van der Waals surface area contributed by atoms with Crippen LogP contribution in [0.3, 0.4) is 0 Å². The molecule has 2 heterocycles. The second-order valence-electron chi connectivity index (χ2n) is 4.37. The van der Waals surface area contributed by atoms with E-state index in [1.165, 1.54) is 0 Å². The van der Waals surface area contributed by atoms with E-state index in [2.05, 4.69) is 17.3 Å². The maximum atomic E-state index is 5.65. The second kappa shape index (κ2) is 5.44. The van der Waals surface area contributed by atoms with Crippen molar-refractivity contribution in [1.82, 2.24) is 10.4 Å². The zero-order valence-electron chi connectivity index (χ0n) is 10.2. The number of pyridine rings is 1. The van der Waals surface area contributed by atoms with E-state index in [0.29, 0.717) is 12.5 Å². The predicted octanol–water partition coefficient (Wildman–Crippen LogP) is 1.02. The highest BCUT2D eigenvalue weighted by molar-refractivity contribution is 5.30. The molecule has 1 aromatic rings. The lowest BCUT2D eigenvalue weighted by Gasteiger charge is -2.22. The number of hydrogen-bond donors (Lipinski definition) is 2. The van der Waals surface area contributed by atoms with E-state index in [4.69, 9.17) is 15.3 Å². The molecule has 0 spiro atoms. The van der Waals surface area contributed by atoms with Gasteiger partial charge >= 0.3 is 0 Å². The Morgan fingerprint density at radius 1 is 1.65 bits per heavy atom. The second-order valence-corrected chi connectivity index (χ2v) is 4.37. The largest absolute Gasteiger partial charge is 0.495 e. The van der Waals surface area contributed by atoms with E-state index in [1.807, 2.05) is 12.1 Å². The van der Waals surface area contributed by atoms with E-state index in [9.17, 15) is 0 Å². The molecule has 0 bridgehead atoms. The number of hydrogen-bond acceptors (Lipinski definition) is 5. The molecule has 0 aromatic carbocycles. The summed E-state index contributed by atoms with van der Waals surface area (Å²) in [5.74, 6) is 6.74. The van der Waals surface area contributed by atoms with Gasteiger partial charge in [-0.25, -0.2) is 0 Å². The lowest BCUT2D eigenvalue weighted by Crippen LogP contribution is -2.34. The molecule has 1 saturated heterocycles. The van der Waals surface area contributed by atoms with Crippen molar-refractivity contribution >= 4 is 0 Å². The summed E-state index contributed by atoms with van der Waals surface area (Å²) < 4.78 is 10.9. The average Bonchev–Trinajstić information content (AvgIpc) is 2.77. The van der Waals surface area contributed by atoms with Gasteiger partial charge in [-0.2, -0.15) is 0 Å². The third-order valence-electron chi connectivity index (χ3n) is 3.19. The fourth-order valence-electron chi connectivity index (χ4n) is 2.33. The molecule has 5 nitrogen and oxygen atoms in total. The predicted molar refractivity (Wildman–Crippen MR) is 64.4 cm³/mol.